The van der Waals surface area contributed by atoms with Gasteiger partial charge in [0.2, 0.25) is 0 Å². The normalized spacial score (nSPS) is 11.2. The van der Waals surface area contributed by atoms with Crippen LogP contribution in [0, 0.1) is 6.92 Å². The molecule has 3 aromatic heterocycles. The summed E-state index contributed by atoms with van der Waals surface area (Å²) in [6.45, 7) is 5.82. The van der Waals surface area contributed by atoms with E-state index in [0.717, 1.165) is 35.6 Å². The van der Waals surface area contributed by atoms with E-state index in [9.17, 15) is 0 Å². The molecule has 0 atom stereocenters. The molecule has 0 fully saturated rings. The van der Waals surface area contributed by atoms with Crippen molar-refractivity contribution in [3.63, 3.8) is 0 Å². The fourth-order valence-corrected chi connectivity index (χ4v) is 3.11. The van der Waals surface area contributed by atoms with Gasteiger partial charge in [0.25, 0.3) is 0 Å². The predicted octanol–water partition coefficient (Wildman–Crippen LogP) is 4.25. The van der Waals surface area contributed by atoms with Gasteiger partial charge < -0.3 is 15.6 Å². The van der Waals surface area contributed by atoms with E-state index < -0.39 is 0 Å². The summed E-state index contributed by atoms with van der Waals surface area (Å²) < 4.78 is 0. The third kappa shape index (κ3) is 3.18. The fraction of sp³-hybridized carbons (Fsp3) is 0.250. The monoisotopic (exact) mass is 346 g/mol. The topological polar surface area (TPSA) is 78.5 Å². The molecule has 3 heterocycles. The van der Waals surface area contributed by atoms with Crippen LogP contribution in [-0.4, -0.2) is 26.5 Å². The highest BCUT2D eigenvalue weighted by atomic mass is 15.1. The summed E-state index contributed by atoms with van der Waals surface area (Å²) in [6.07, 6.45) is 4.85. The van der Waals surface area contributed by atoms with E-state index in [1.54, 1.807) is 6.20 Å². The minimum absolute atomic E-state index is 0.645. The maximum atomic E-state index is 4.62. The number of fused-ring (bicyclic) bond motifs is 2. The van der Waals surface area contributed by atoms with Crippen LogP contribution in [0.25, 0.3) is 22.1 Å². The zero-order chi connectivity index (χ0) is 17.9. The molecule has 0 radical (unpaired) electrons. The summed E-state index contributed by atoms with van der Waals surface area (Å²) in [5, 5.41) is 7.92. The lowest BCUT2D eigenvalue weighted by molar-refractivity contribution is 0.970. The molecule has 4 aromatic rings. The van der Waals surface area contributed by atoms with Crippen LogP contribution in [0.1, 0.15) is 24.5 Å². The number of anilines is 2. The number of nitrogens with zero attached hydrogens (tertiary/aromatic N) is 3. The summed E-state index contributed by atoms with van der Waals surface area (Å²) in [5.74, 6) is 1.56. The number of aromatic nitrogens is 4. The Morgan fingerprint density at radius 2 is 1.92 bits per heavy atom. The predicted molar refractivity (Wildman–Crippen MR) is 106 cm³/mol. The number of rotatable bonds is 6. The Labute approximate surface area is 152 Å². The average Bonchev–Trinajstić information content (AvgIpc) is 3.06. The molecule has 0 aliphatic heterocycles. The number of benzene rings is 1. The third-order valence-electron chi connectivity index (χ3n) is 4.41. The van der Waals surface area contributed by atoms with Crippen molar-refractivity contribution in [3.05, 3.63) is 53.9 Å². The van der Waals surface area contributed by atoms with Crippen LogP contribution in [0.2, 0.25) is 0 Å². The van der Waals surface area contributed by atoms with Crippen molar-refractivity contribution in [2.45, 2.75) is 26.8 Å². The van der Waals surface area contributed by atoms with E-state index in [-0.39, 0.29) is 0 Å². The second-order valence-electron chi connectivity index (χ2n) is 6.39. The van der Waals surface area contributed by atoms with E-state index in [2.05, 4.69) is 62.6 Å². The van der Waals surface area contributed by atoms with Crippen molar-refractivity contribution in [2.24, 2.45) is 0 Å². The molecule has 4 rings (SSSR count). The number of hydrogen-bond acceptors (Lipinski definition) is 5. The minimum atomic E-state index is 0.645. The lowest BCUT2D eigenvalue weighted by Crippen LogP contribution is -2.05. The highest BCUT2D eigenvalue weighted by Gasteiger charge is 2.07. The Balaban J connectivity index is 1.57. The van der Waals surface area contributed by atoms with Gasteiger partial charge in [-0.25, -0.2) is 15.0 Å². The van der Waals surface area contributed by atoms with Gasteiger partial charge in [-0.05, 0) is 42.7 Å². The zero-order valence-electron chi connectivity index (χ0n) is 15.0. The number of hydrogen-bond donors (Lipinski definition) is 3. The van der Waals surface area contributed by atoms with E-state index in [0.29, 0.717) is 12.2 Å². The lowest BCUT2D eigenvalue weighted by Gasteiger charge is -2.09. The Kier molecular flexibility index (Phi) is 4.39. The SMILES string of the molecule is CCCNc1ccc2ncc(NCc3cccc4[nH]cc(C)c34)nc2n1. The summed E-state index contributed by atoms with van der Waals surface area (Å²) >= 11 is 0. The van der Waals surface area contributed by atoms with Gasteiger partial charge in [0.15, 0.2) is 5.65 Å². The first-order valence-corrected chi connectivity index (χ1v) is 8.91. The van der Waals surface area contributed by atoms with Gasteiger partial charge in [-0.1, -0.05) is 19.1 Å². The van der Waals surface area contributed by atoms with Crippen molar-refractivity contribution in [1.82, 2.24) is 19.9 Å². The van der Waals surface area contributed by atoms with Gasteiger partial charge in [0.05, 0.1) is 6.20 Å². The quantitative estimate of drug-likeness (QED) is 0.486. The molecule has 0 unspecified atom stereocenters. The van der Waals surface area contributed by atoms with Gasteiger partial charge in [0, 0.05) is 30.2 Å². The van der Waals surface area contributed by atoms with Gasteiger partial charge in [-0.2, -0.15) is 0 Å². The standard InChI is InChI=1S/C20H22N6/c1-3-9-21-17-8-7-16-20(25-17)26-18(12-23-16)24-11-14-5-4-6-15-19(14)13(2)10-22-15/h4-8,10,12,22H,3,9,11H2,1-2H3,(H2,21,24,25,26). The number of nitrogens with one attached hydrogen (secondary N) is 3. The molecule has 3 N–H and O–H groups in total. The second kappa shape index (κ2) is 7.00. The van der Waals surface area contributed by atoms with Crippen LogP contribution >= 0.6 is 0 Å². The summed E-state index contributed by atoms with van der Waals surface area (Å²) in [6, 6.07) is 10.2. The van der Waals surface area contributed by atoms with Crippen molar-refractivity contribution in [3.8, 4) is 0 Å². The number of pyridine rings is 1. The molecule has 6 heteroatoms. The lowest BCUT2D eigenvalue weighted by atomic mass is 10.1. The zero-order valence-corrected chi connectivity index (χ0v) is 15.0. The maximum Gasteiger partial charge on any atom is 0.182 e. The Morgan fingerprint density at radius 3 is 2.81 bits per heavy atom. The van der Waals surface area contributed by atoms with Gasteiger partial charge in [0.1, 0.15) is 17.2 Å². The highest BCUT2D eigenvalue weighted by Crippen LogP contribution is 2.23. The van der Waals surface area contributed by atoms with E-state index in [1.165, 1.54) is 16.5 Å². The first-order chi connectivity index (χ1) is 12.7. The van der Waals surface area contributed by atoms with Crippen LogP contribution < -0.4 is 10.6 Å². The third-order valence-corrected chi connectivity index (χ3v) is 4.41. The van der Waals surface area contributed by atoms with Crippen LogP contribution in [-0.2, 0) is 6.54 Å². The van der Waals surface area contributed by atoms with Crippen molar-refractivity contribution >= 4 is 33.7 Å². The molecule has 0 spiro atoms. The van der Waals surface area contributed by atoms with Crippen LogP contribution in [0.3, 0.4) is 0 Å². The molecule has 1 aromatic carbocycles. The van der Waals surface area contributed by atoms with Crippen molar-refractivity contribution in [1.29, 1.82) is 0 Å². The molecular formula is C20H22N6. The highest BCUT2D eigenvalue weighted by molar-refractivity contribution is 5.86. The minimum Gasteiger partial charge on any atom is -0.370 e. The maximum absolute atomic E-state index is 4.62. The summed E-state index contributed by atoms with van der Waals surface area (Å²) in [4.78, 5) is 16.9. The average molecular weight is 346 g/mol. The molecule has 0 saturated carbocycles. The molecule has 6 nitrogen and oxygen atoms in total. The van der Waals surface area contributed by atoms with Gasteiger partial charge >= 0.3 is 0 Å². The smallest absolute Gasteiger partial charge is 0.182 e. The first-order valence-electron chi connectivity index (χ1n) is 8.91. The van der Waals surface area contributed by atoms with Crippen LogP contribution in [0.4, 0.5) is 11.6 Å². The largest absolute Gasteiger partial charge is 0.370 e. The van der Waals surface area contributed by atoms with Crippen molar-refractivity contribution < 1.29 is 0 Å². The van der Waals surface area contributed by atoms with Gasteiger partial charge in [-0.3, -0.25) is 0 Å². The molecule has 0 amide bonds. The molecule has 26 heavy (non-hydrogen) atoms. The Hall–Kier alpha value is -3.15. The van der Waals surface area contributed by atoms with E-state index in [4.69, 9.17) is 0 Å². The number of H-pyrrole nitrogens is 1. The van der Waals surface area contributed by atoms with E-state index in [1.807, 2.05) is 18.3 Å². The molecule has 132 valence electrons. The summed E-state index contributed by atoms with van der Waals surface area (Å²) in [5.41, 5.74) is 5.07. The number of aromatic amines is 1. The first kappa shape index (κ1) is 16.3. The summed E-state index contributed by atoms with van der Waals surface area (Å²) in [7, 11) is 0. The fourth-order valence-electron chi connectivity index (χ4n) is 3.11. The van der Waals surface area contributed by atoms with Crippen LogP contribution in [0.5, 0.6) is 0 Å². The van der Waals surface area contributed by atoms with Crippen LogP contribution in [0.15, 0.2) is 42.7 Å². The Bertz CT molecular complexity index is 1050. The van der Waals surface area contributed by atoms with E-state index >= 15 is 0 Å². The van der Waals surface area contributed by atoms with Gasteiger partial charge in [-0.15, -0.1) is 0 Å². The Morgan fingerprint density at radius 1 is 1.04 bits per heavy atom. The number of aryl methyl sites for hydroxylation is 1. The second-order valence-corrected chi connectivity index (χ2v) is 6.39. The molecular weight excluding hydrogens is 324 g/mol. The molecule has 0 aliphatic rings. The molecule has 0 bridgehead atoms. The van der Waals surface area contributed by atoms with Crippen molar-refractivity contribution in [2.75, 3.05) is 17.2 Å². The molecule has 0 aliphatic carbocycles. The molecule has 0 saturated heterocycles.